The van der Waals surface area contributed by atoms with Gasteiger partial charge in [-0.15, -0.1) is 13.2 Å². The highest BCUT2D eigenvalue weighted by molar-refractivity contribution is 5.81. The standard InChI is InChI=1S/C29H36N4O3/c1-4-19-32(20-5-2)29(35)22-33-26-12-9-8-11-25(26)31-27(33)13-7-6-10-18-30-28(34)21-23-14-16-24(36-3)17-15-23/h4-5,8-9,11-12,14-17H,1-2,6-7,10,13,18-22H2,3H3,(H,30,34). The summed E-state index contributed by atoms with van der Waals surface area (Å²) >= 11 is 0. The molecule has 0 unspecified atom stereocenters. The van der Waals surface area contributed by atoms with Crippen LogP contribution < -0.4 is 10.1 Å². The van der Waals surface area contributed by atoms with E-state index in [2.05, 4.69) is 18.5 Å². The van der Waals surface area contributed by atoms with Crippen LogP contribution in [0.15, 0.2) is 73.8 Å². The molecule has 2 aromatic carbocycles. The maximum atomic E-state index is 13.0. The molecule has 0 fully saturated rings. The highest BCUT2D eigenvalue weighted by Crippen LogP contribution is 2.18. The van der Waals surface area contributed by atoms with Gasteiger partial charge in [-0.25, -0.2) is 4.98 Å². The zero-order chi connectivity index (χ0) is 25.8. The van der Waals surface area contributed by atoms with Crippen molar-refractivity contribution in [3.63, 3.8) is 0 Å². The Morgan fingerprint density at radius 3 is 2.44 bits per heavy atom. The molecule has 0 bridgehead atoms. The molecule has 36 heavy (non-hydrogen) atoms. The summed E-state index contributed by atoms with van der Waals surface area (Å²) in [4.78, 5) is 31.7. The van der Waals surface area contributed by atoms with Crippen LogP contribution in [0, 0.1) is 0 Å². The zero-order valence-corrected chi connectivity index (χ0v) is 21.1. The molecule has 0 aliphatic heterocycles. The lowest BCUT2D eigenvalue weighted by molar-refractivity contribution is -0.130. The quantitative estimate of drug-likeness (QED) is 0.255. The maximum Gasteiger partial charge on any atom is 0.243 e. The fraction of sp³-hybridized carbons (Fsp3) is 0.345. The van der Waals surface area contributed by atoms with Crippen molar-refractivity contribution in [1.82, 2.24) is 19.8 Å². The van der Waals surface area contributed by atoms with Crippen molar-refractivity contribution >= 4 is 22.8 Å². The third kappa shape index (κ3) is 7.57. The van der Waals surface area contributed by atoms with Crippen LogP contribution in [0.3, 0.4) is 0 Å². The molecule has 1 heterocycles. The van der Waals surface area contributed by atoms with Gasteiger partial charge in [-0.1, -0.05) is 42.8 Å². The van der Waals surface area contributed by atoms with Crippen molar-refractivity contribution in [3.05, 3.63) is 85.2 Å². The Labute approximate surface area is 213 Å². The molecular formula is C29H36N4O3. The lowest BCUT2D eigenvalue weighted by atomic mass is 10.1. The van der Waals surface area contributed by atoms with Gasteiger partial charge in [-0.2, -0.15) is 0 Å². The fourth-order valence-electron chi connectivity index (χ4n) is 4.12. The number of nitrogens with zero attached hydrogens (tertiary/aromatic N) is 3. The molecule has 0 radical (unpaired) electrons. The van der Waals surface area contributed by atoms with E-state index in [0.717, 1.165) is 53.9 Å². The molecule has 7 nitrogen and oxygen atoms in total. The number of ether oxygens (including phenoxy) is 1. The minimum absolute atomic E-state index is 0.0128. The first-order valence-electron chi connectivity index (χ1n) is 12.4. The number of fused-ring (bicyclic) bond motifs is 1. The molecular weight excluding hydrogens is 452 g/mol. The van der Waals surface area contributed by atoms with Crippen LogP contribution in [0.1, 0.15) is 30.7 Å². The van der Waals surface area contributed by atoms with Crippen molar-refractivity contribution in [2.24, 2.45) is 0 Å². The number of amides is 2. The summed E-state index contributed by atoms with van der Waals surface area (Å²) in [5, 5.41) is 3.00. The van der Waals surface area contributed by atoms with Crippen molar-refractivity contribution in [2.75, 3.05) is 26.7 Å². The van der Waals surface area contributed by atoms with Gasteiger partial charge in [0.1, 0.15) is 18.1 Å². The number of carbonyl (C=O) groups is 2. The molecule has 7 heteroatoms. The topological polar surface area (TPSA) is 76.5 Å². The Bertz CT molecular complexity index is 1160. The van der Waals surface area contributed by atoms with Crippen LogP contribution in [0.4, 0.5) is 0 Å². The number of para-hydroxylation sites is 2. The Morgan fingerprint density at radius 2 is 1.75 bits per heavy atom. The number of aromatic nitrogens is 2. The van der Waals surface area contributed by atoms with E-state index in [1.54, 1.807) is 24.2 Å². The molecule has 3 aromatic rings. The number of nitrogens with one attached hydrogen (secondary N) is 1. The van der Waals surface area contributed by atoms with E-state index < -0.39 is 0 Å². The number of benzene rings is 2. The third-order valence-electron chi connectivity index (χ3n) is 6.00. The number of unbranched alkanes of at least 4 members (excludes halogenated alkanes) is 2. The SMILES string of the molecule is C=CCN(CC=C)C(=O)Cn1c(CCCCCNC(=O)Cc2ccc(OC)cc2)nc2ccccc21. The van der Waals surface area contributed by atoms with Gasteiger partial charge in [0.2, 0.25) is 11.8 Å². The van der Waals surface area contributed by atoms with Crippen LogP contribution in [-0.4, -0.2) is 53.0 Å². The predicted octanol–water partition coefficient (Wildman–Crippen LogP) is 4.32. The van der Waals surface area contributed by atoms with Crippen molar-refractivity contribution < 1.29 is 14.3 Å². The Hall–Kier alpha value is -3.87. The first kappa shape index (κ1) is 26.7. The molecule has 0 saturated heterocycles. The summed E-state index contributed by atoms with van der Waals surface area (Å²) in [5.74, 6) is 1.72. The molecule has 3 rings (SSSR count). The van der Waals surface area contributed by atoms with Gasteiger partial charge in [0, 0.05) is 26.1 Å². The Morgan fingerprint density at radius 1 is 1.03 bits per heavy atom. The normalized spacial score (nSPS) is 10.7. The van der Waals surface area contributed by atoms with Crippen LogP contribution in [0.5, 0.6) is 5.75 Å². The van der Waals surface area contributed by atoms with E-state index in [0.29, 0.717) is 26.1 Å². The van der Waals surface area contributed by atoms with Gasteiger partial charge in [0.05, 0.1) is 24.6 Å². The van der Waals surface area contributed by atoms with Crippen LogP contribution in [0.2, 0.25) is 0 Å². The average Bonchev–Trinajstić information content (AvgIpc) is 3.23. The van der Waals surface area contributed by atoms with E-state index in [1.165, 1.54) is 0 Å². The minimum atomic E-state index is 0.0128. The number of rotatable bonds is 15. The molecule has 0 saturated carbocycles. The number of hydrogen-bond donors (Lipinski definition) is 1. The molecule has 2 amide bonds. The van der Waals surface area contributed by atoms with Gasteiger partial charge < -0.3 is 19.5 Å². The second-order valence-corrected chi connectivity index (χ2v) is 8.66. The second kappa shape index (κ2) is 13.9. The van der Waals surface area contributed by atoms with Crippen molar-refractivity contribution in [2.45, 2.75) is 38.6 Å². The van der Waals surface area contributed by atoms with Gasteiger partial charge in [-0.3, -0.25) is 9.59 Å². The van der Waals surface area contributed by atoms with Gasteiger partial charge >= 0.3 is 0 Å². The monoisotopic (exact) mass is 488 g/mol. The molecule has 0 spiro atoms. The van der Waals surface area contributed by atoms with Gasteiger partial charge in [-0.05, 0) is 42.7 Å². The molecule has 1 N–H and O–H groups in total. The van der Waals surface area contributed by atoms with Crippen LogP contribution in [0.25, 0.3) is 11.0 Å². The van der Waals surface area contributed by atoms with E-state index in [4.69, 9.17) is 9.72 Å². The number of aryl methyl sites for hydroxylation is 1. The highest BCUT2D eigenvalue weighted by Gasteiger charge is 2.17. The lowest BCUT2D eigenvalue weighted by Gasteiger charge is -2.20. The predicted molar refractivity (Wildman–Crippen MR) is 144 cm³/mol. The van der Waals surface area contributed by atoms with Gasteiger partial charge in [0.25, 0.3) is 0 Å². The van der Waals surface area contributed by atoms with Crippen molar-refractivity contribution in [3.8, 4) is 5.75 Å². The number of methoxy groups -OCH3 is 1. The maximum absolute atomic E-state index is 13.0. The van der Waals surface area contributed by atoms with Crippen LogP contribution in [-0.2, 0) is 29.0 Å². The van der Waals surface area contributed by atoms with E-state index in [-0.39, 0.29) is 18.4 Å². The fourth-order valence-corrected chi connectivity index (χ4v) is 4.12. The minimum Gasteiger partial charge on any atom is -0.497 e. The average molecular weight is 489 g/mol. The smallest absolute Gasteiger partial charge is 0.243 e. The van der Waals surface area contributed by atoms with E-state index in [9.17, 15) is 9.59 Å². The first-order chi connectivity index (χ1) is 17.5. The number of hydrogen-bond acceptors (Lipinski definition) is 4. The summed E-state index contributed by atoms with van der Waals surface area (Å²) in [7, 11) is 1.62. The zero-order valence-electron chi connectivity index (χ0n) is 21.1. The summed E-state index contributed by atoms with van der Waals surface area (Å²) in [6, 6.07) is 15.4. The van der Waals surface area contributed by atoms with Gasteiger partial charge in [0.15, 0.2) is 0 Å². The number of carbonyl (C=O) groups excluding carboxylic acids is 2. The van der Waals surface area contributed by atoms with Crippen molar-refractivity contribution in [1.29, 1.82) is 0 Å². The number of imidazole rings is 1. The molecule has 1 aromatic heterocycles. The second-order valence-electron chi connectivity index (χ2n) is 8.66. The van der Waals surface area contributed by atoms with E-state index >= 15 is 0 Å². The Kier molecular flexibility index (Phi) is 10.3. The summed E-state index contributed by atoms with van der Waals surface area (Å²) in [6.07, 6.45) is 7.35. The molecule has 0 aliphatic carbocycles. The third-order valence-corrected chi connectivity index (χ3v) is 6.00. The first-order valence-corrected chi connectivity index (χ1v) is 12.4. The largest absolute Gasteiger partial charge is 0.497 e. The summed E-state index contributed by atoms with van der Waals surface area (Å²) in [6.45, 7) is 9.35. The molecule has 0 aliphatic rings. The Balaban J connectivity index is 1.49. The molecule has 0 atom stereocenters. The van der Waals surface area contributed by atoms with E-state index in [1.807, 2.05) is 53.1 Å². The molecule has 190 valence electrons. The lowest BCUT2D eigenvalue weighted by Crippen LogP contribution is -2.34. The summed E-state index contributed by atoms with van der Waals surface area (Å²) < 4.78 is 7.17. The van der Waals surface area contributed by atoms with Crippen LogP contribution >= 0.6 is 0 Å². The summed E-state index contributed by atoms with van der Waals surface area (Å²) in [5.41, 5.74) is 2.82. The highest BCUT2D eigenvalue weighted by atomic mass is 16.5.